The van der Waals surface area contributed by atoms with Crippen molar-refractivity contribution in [3.63, 3.8) is 0 Å². The molecule has 0 saturated heterocycles. The fourth-order valence-corrected chi connectivity index (χ4v) is 1.70. The van der Waals surface area contributed by atoms with Crippen LogP contribution < -0.4 is 10.2 Å². The second kappa shape index (κ2) is 11.5. The van der Waals surface area contributed by atoms with Crippen LogP contribution in [0.1, 0.15) is 51.4 Å². The minimum Gasteiger partial charge on any atom is -0.862 e. The predicted molar refractivity (Wildman–Crippen MR) is 67.3 cm³/mol. The molecule has 0 aromatic heterocycles. The van der Waals surface area contributed by atoms with E-state index in [4.69, 9.17) is 0 Å². The first-order valence-corrected chi connectivity index (χ1v) is 6.20. The first kappa shape index (κ1) is 17.4. The number of hydrogen-bond acceptors (Lipinski definition) is 4. The summed E-state index contributed by atoms with van der Waals surface area (Å²) in [5, 5.41) is 21.0. The molecule has 0 atom stereocenters. The molecular formula is C12H20N2O2Sr. The van der Waals surface area contributed by atoms with Crippen molar-refractivity contribution in [2.75, 3.05) is 13.1 Å². The summed E-state index contributed by atoms with van der Waals surface area (Å²) in [6.45, 7) is 1.53. The van der Waals surface area contributed by atoms with Crippen LogP contribution in [0.2, 0.25) is 0 Å². The monoisotopic (exact) mass is 312 g/mol. The van der Waals surface area contributed by atoms with E-state index >= 15 is 0 Å². The maximum atomic E-state index is 10.5. The van der Waals surface area contributed by atoms with Crippen LogP contribution in [0.5, 0.6) is 0 Å². The molecule has 2 heterocycles. The summed E-state index contributed by atoms with van der Waals surface area (Å²) in [4.78, 5) is 7.57. The average molecular weight is 312 g/mol. The van der Waals surface area contributed by atoms with Crippen LogP contribution >= 0.6 is 0 Å². The Kier molecular flexibility index (Phi) is 11.8. The molecule has 2 rings (SSSR count). The van der Waals surface area contributed by atoms with E-state index in [1.165, 1.54) is 12.8 Å². The standard InChI is InChI=1S/2C6H11NO.Sr/c2*8-6-4-2-1-3-5-7-6;/h2*1-5H2,(H,7,8);/q;;+2/p-2. The van der Waals surface area contributed by atoms with Gasteiger partial charge in [0.05, 0.1) is 0 Å². The smallest absolute Gasteiger partial charge is 0.862 e. The van der Waals surface area contributed by atoms with Crippen molar-refractivity contribution in [2.24, 2.45) is 9.98 Å². The minimum absolute atomic E-state index is 0. The van der Waals surface area contributed by atoms with Gasteiger partial charge < -0.3 is 20.2 Å². The SMILES string of the molecule is [O-]C1=NCCCCC1.[O-]C1=NCCCCC1.[Sr+2]. The Labute approximate surface area is 141 Å². The molecule has 0 aromatic carbocycles. The molecule has 2 aliphatic heterocycles. The molecule has 0 radical (unpaired) electrons. The summed E-state index contributed by atoms with van der Waals surface area (Å²) in [6.07, 6.45) is 8.01. The largest absolute Gasteiger partial charge is 2.00 e. The maximum Gasteiger partial charge on any atom is 2.00 e. The Balaban J connectivity index is 0.000000284. The van der Waals surface area contributed by atoms with E-state index in [9.17, 15) is 10.2 Å². The fraction of sp³-hybridized carbons (Fsp3) is 0.833. The van der Waals surface area contributed by atoms with Gasteiger partial charge in [0.15, 0.2) is 0 Å². The number of nitrogens with zero attached hydrogens (tertiary/aromatic N) is 2. The Morgan fingerprint density at radius 2 is 1.06 bits per heavy atom. The summed E-state index contributed by atoms with van der Waals surface area (Å²) >= 11 is 0. The van der Waals surface area contributed by atoms with E-state index < -0.39 is 0 Å². The van der Waals surface area contributed by atoms with Crippen molar-refractivity contribution in [1.29, 1.82) is 0 Å². The van der Waals surface area contributed by atoms with E-state index in [-0.39, 0.29) is 57.3 Å². The van der Waals surface area contributed by atoms with Crippen molar-refractivity contribution in [1.82, 2.24) is 0 Å². The number of hydrogen-bond donors (Lipinski definition) is 0. The molecule has 2 aliphatic rings. The van der Waals surface area contributed by atoms with Crippen LogP contribution in [-0.2, 0) is 0 Å². The molecular weight excluding hydrogens is 292 g/mol. The van der Waals surface area contributed by atoms with Crippen molar-refractivity contribution in [3.8, 4) is 0 Å². The summed E-state index contributed by atoms with van der Waals surface area (Å²) in [5.41, 5.74) is 0. The molecule has 92 valence electrons. The van der Waals surface area contributed by atoms with Gasteiger partial charge in [-0.1, -0.05) is 12.8 Å². The zero-order chi connectivity index (χ0) is 11.6. The van der Waals surface area contributed by atoms with Crippen molar-refractivity contribution < 1.29 is 10.2 Å². The molecule has 4 nitrogen and oxygen atoms in total. The molecule has 0 N–H and O–H groups in total. The van der Waals surface area contributed by atoms with Gasteiger partial charge in [-0.05, 0) is 50.3 Å². The molecule has 0 unspecified atom stereocenters. The second-order valence-corrected chi connectivity index (χ2v) is 4.17. The van der Waals surface area contributed by atoms with Crippen LogP contribution in [-0.4, -0.2) is 70.4 Å². The van der Waals surface area contributed by atoms with E-state index in [1.807, 2.05) is 0 Å². The van der Waals surface area contributed by atoms with Crippen LogP contribution in [0.25, 0.3) is 0 Å². The van der Waals surface area contributed by atoms with Gasteiger partial charge in [-0.15, -0.1) is 0 Å². The topological polar surface area (TPSA) is 70.8 Å². The molecule has 0 amide bonds. The third-order valence-corrected chi connectivity index (χ3v) is 2.67. The summed E-state index contributed by atoms with van der Waals surface area (Å²) in [7, 11) is 0. The van der Waals surface area contributed by atoms with E-state index in [0.29, 0.717) is 12.8 Å². The molecule has 0 fully saturated rings. The fourth-order valence-electron chi connectivity index (χ4n) is 1.70. The van der Waals surface area contributed by atoms with Crippen molar-refractivity contribution in [3.05, 3.63) is 0 Å². The van der Waals surface area contributed by atoms with Crippen molar-refractivity contribution in [2.45, 2.75) is 51.4 Å². The zero-order valence-electron chi connectivity index (χ0n) is 10.5. The average Bonchev–Trinajstić information content (AvgIpc) is 2.64. The predicted octanol–water partition coefficient (Wildman–Crippen LogP) is 0.258. The first-order chi connectivity index (χ1) is 7.79. The molecule has 0 aliphatic carbocycles. The van der Waals surface area contributed by atoms with Gasteiger partial charge in [-0.25, -0.2) is 0 Å². The van der Waals surface area contributed by atoms with Gasteiger partial charge in [0.2, 0.25) is 0 Å². The Bertz CT molecular complexity index is 229. The molecule has 0 spiro atoms. The molecule has 0 saturated carbocycles. The van der Waals surface area contributed by atoms with Gasteiger partial charge >= 0.3 is 45.5 Å². The van der Waals surface area contributed by atoms with Crippen molar-refractivity contribution >= 4 is 57.3 Å². The van der Waals surface area contributed by atoms with Gasteiger partial charge in [-0.3, -0.25) is 0 Å². The number of rotatable bonds is 0. The summed E-state index contributed by atoms with van der Waals surface area (Å²) in [5.74, 6) is 0.199. The third-order valence-electron chi connectivity index (χ3n) is 2.67. The summed E-state index contributed by atoms with van der Waals surface area (Å²) in [6, 6.07) is 0. The van der Waals surface area contributed by atoms with Gasteiger partial charge in [0, 0.05) is 13.1 Å². The summed E-state index contributed by atoms with van der Waals surface area (Å²) < 4.78 is 0. The first-order valence-electron chi connectivity index (χ1n) is 6.20. The number of aliphatic imine (C=N–C) groups is 2. The Morgan fingerprint density at radius 3 is 1.47 bits per heavy atom. The van der Waals surface area contributed by atoms with Crippen LogP contribution in [0, 0.1) is 0 Å². The van der Waals surface area contributed by atoms with Crippen LogP contribution in [0.4, 0.5) is 0 Å². The zero-order valence-corrected chi connectivity index (χ0v) is 14.0. The van der Waals surface area contributed by atoms with E-state index in [0.717, 1.165) is 38.8 Å². The van der Waals surface area contributed by atoms with Gasteiger partial charge in [0.25, 0.3) is 0 Å². The van der Waals surface area contributed by atoms with Gasteiger partial charge in [-0.2, -0.15) is 0 Å². The van der Waals surface area contributed by atoms with E-state index in [1.54, 1.807) is 0 Å². The Hall–Kier alpha value is 0.421. The molecule has 17 heavy (non-hydrogen) atoms. The second-order valence-electron chi connectivity index (χ2n) is 4.17. The molecule has 5 heteroatoms. The minimum atomic E-state index is 0. The molecule has 0 bridgehead atoms. The van der Waals surface area contributed by atoms with Crippen LogP contribution in [0.15, 0.2) is 9.98 Å². The van der Waals surface area contributed by atoms with Gasteiger partial charge in [0.1, 0.15) is 0 Å². The molecule has 0 aromatic rings. The van der Waals surface area contributed by atoms with Crippen LogP contribution in [0.3, 0.4) is 0 Å². The Morgan fingerprint density at radius 1 is 0.647 bits per heavy atom. The normalized spacial score (nSPS) is 20.5. The van der Waals surface area contributed by atoms with E-state index in [2.05, 4.69) is 9.98 Å². The maximum absolute atomic E-state index is 10.5. The third kappa shape index (κ3) is 10.1. The quantitative estimate of drug-likeness (QED) is 0.602.